The summed E-state index contributed by atoms with van der Waals surface area (Å²) < 4.78 is 10.8. The van der Waals surface area contributed by atoms with Crippen molar-refractivity contribution >= 4 is 23.5 Å². The average Bonchev–Trinajstić information content (AvgIpc) is 3.12. The van der Waals surface area contributed by atoms with Crippen LogP contribution in [0.5, 0.6) is 5.75 Å². The maximum atomic E-state index is 11.7. The predicted molar refractivity (Wildman–Crippen MR) is 99.1 cm³/mol. The lowest BCUT2D eigenvalue weighted by molar-refractivity contribution is -0.121. The highest BCUT2D eigenvalue weighted by molar-refractivity contribution is 7.98. The first-order chi connectivity index (χ1) is 12.1. The monoisotopic (exact) mass is 361 g/mol. The average molecular weight is 361 g/mol. The lowest BCUT2D eigenvalue weighted by Crippen LogP contribution is -2.25. The Morgan fingerprint density at radius 3 is 2.68 bits per heavy atom. The molecule has 0 atom stereocenters. The zero-order valence-corrected chi connectivity index (χ0v) is 15.1. The quantitative estimate of drug-likeness (QED) is 0.488. The van der Waals surface area contributed by atoms with Gasteiger partial charge < -0.3 is 14.5 Å². The molecule has 0 fully saturated rings. The molecular weight excluding hydrogens is 338 g/mol. The Morgan fingerprint density at radius 1 is 1.20 bits per heavy atom. The van der Waals surface area contributed by atoms with Gasteiger partial charge in [0.05, 0.1) is 18.6 Å². The molecule has 0 aliphatic heterocycles. The fraction of sp³-hybridized carbons (Fsp3) is 0.368. The molecule has 1 amide bonds. The van der Waals surface area contributed by atoms with E-state index in [9.17, 15) is 9.59 Å². The van der Waals surface area contributed by atoms with E-state index in [1.807, 2.05) is 12.1 Å². The van der Waals surface area contributed by atoms with Crippen LogP contribution in [0.2, 0.25) is 0 Å². The van der Waals surface area contributed by atoms with Crippen molar-refractivity contribution in [1.82, 2.24) is 5.32 Å². The fourth-order valence-electron chi connectivity index (χ4n) is 2.13. The molecule has 0 aliphatic carbocycles. The number of benzene rings is 1. The highest BCUT2D eigenvalue weighted by Gasteiger charge is 2.03. The van der Waals surface area contributed by atoms with Crippen LogP contribution >= 0.6 is 11.8 Å². The standard InChI is InChI=1S/C19H23NO4S/c1-15(21)16-6-8-17(9-7-16)23-12-3-5-19(22)20-10-13-25-14-18-4-2-11-24-18/h2,4,6-9,11H,3,5,10,12-14H2,1H3,(H,20,22). The Morgan fingerprint density at radius 2 is 2.00 bits per heavy atom. The molecule has 25 heavy (non-hydrogen) atoms. The normalized spacial score (nSPS) is 10.4. The van der Waals surface area contributed by atoms with Crippen molar-refractivity contribution in [2.24, 2.45) is 0 Å². The van der Waals surface area contributed by atoms with E-state index in [4.69, 9.17) is 9.15 Å². The molecule has 1 N–H and O–H groups in total. The minimum Gasteiger partial charge on any atom is -0.494 e. The Labute approximate surface area is 152 Å². The molecule has 1 aromatic carbocycles. The summed E-state index contributed by atoms with van der Waals surface area (Å²) in [5, 5.41) is 2.90. The summed E-state index contributed by atoms with van der Waals surface area (Å²) in [6, 6.07) is 10.8. The number of carbonyl (C=O) groups excluding carboxylic acids is 2. The Balaban J connectivity index is 1.49. The Kier molecular flexibility index (Phi) is 8.12. The van der Waals surface area contributed by atoms with Crippen LogP contribution in [-0.4, -0.2) is 30.6 Å². The van der Waals surface area contributed by atoms with Gasteiger partial charge in [-0.2, -0.15) is 11.8 Å². The number of hydrogen-bond acceptors (Lipinski definition) is 5. The molecule has 6 heteroatoms. The molecular formula is C19H23NO4S. The highest BCUT2D eigenvalue weighted by atomic mass is 32.2. The second kappa shape index (κ2) is 10.6. The number of furan rings is 1. The molecule has 0 saturated heterocycles. The zero-order chi connectivity index (χ0) is 17.9. The summed E-state index contributed by atoms with van der Waals surface area (Å²) in [5.41, 5.74) is 0.664. The molecule has 0 bridgehead atoms. The lowest BCUT2D eigenvalue weighted by atomic mass is 10.1. The maximum Gasteiger partial charge on any atom is 0.220 e. The van der Waals surface area contributed by atoms with Crippen LogP contribution in [0.25, 0.3) is 0 Å². The number of ketones is 1. The van der Waals surface area contributed by atoms with E-state index in [2.05, 4.69) is 5.32 Å². The lowest BCUT2D eigenvalue weighted by Gasteiger charge is -2.07. The fourth-order valence-corrected chi connectivity index (χ4v) is 2.88. The van der Waals surface area contributed by atoms with E-state index in [0.717, 1.165) is 17.3 Å². The van der Waals surface area contributed by atoms with Crippen molar-refractivity contribution in [3.05, 3.63) is 54.0 Å². The molecule has 0 spiro atoms. The number of ether oxygens (including phenoxy) is 1. The first-order valence-electron chi connectivity index (χ1n) is 8.26. The summed E-state index contributed by atoms with van der Waals surface area (Å²) >= 11 is 1.72. The summed E-state index contributed by atoms with van der Waals surface area (Å²) in [6.07, 6.45) is 2.76. The smallest absolute Gasteiger partial charge is 0.220 e. The Bertz CT molecular complexity index is 653. The van der Waals surface area contributed by atoms with E-state index in [1.54, 1.807) is 42.3 Å². The molecule has 1 aromatic heterocycles. The van der Waals surface area contributed by atoms with Gasteiger partial charge in [0.2, 0.25) is 5.91 Å². The van der Waals surface area contributed by atoms with Gasteiger partial charge in [-0.3, -0.25) is 9.59 Å². The van der Waals surface area contributed by atoms with Crippen molar-refractivity contribution in [3.63, 3.8) is 0 Å². The molecule has 2 aromatic rings. The number of carbonyl (C=O) groups is 2. The van der Waals surface area contributed by atoms with E-state index in [0.29, 0.717) is 37.3 Å². The van der Waals surface area contributed by atoms with Crippen LogP contribution < -0.4 is 10.1 Å². The van der Waals surface area contributed by atoms with Crippen LogP contribution in [0.4, 0.5) is 0 Å². The molecule has 0 saturated carbocycles. The molecule has 0 unspecified atom stereocenters. The third kappa shape index (κ3) is 7.47. The topological polar surface area (TPSA) is 68.5 Å². The molecule has 0 aliphatic rings. The number of amides is 1. The molecule has 5 nitrogen and oxygen atoms in total. The van der Waals surface area contributed by atoms with Crippen LogP contribution in [0.15, 0.2) is 47.1 Å². The minimum absolute atomic E-state index is 0.0329. The second-order valence-corrected chi connectivity index (χ2v) is 6.62. The summed E-state index contributed by atoms with van der Waals surface area (Å²) in [4.78, 5) is 22.9. The van der Waals surface area contributed by atoms with Gasteiger partial charge in [0.25, 0.3) is 0 Å². The van der Waals surface area contributed by atoms with Gasteiger partial charge in [-0.25, -0.2) is 0 Å². The molecule has 134 valence electrons. The van der Waals surface area contributed by atoms with Crippen LogP contribution in [0.3, 0.4) is 0 Å². The van der Waals surface area contributed by atoms with Crippen LogP contribution in [-0.2, 0) is 10.5 Å². The van der Waals surface area contributed by atoms with E-state index in [-0.39, 0.29) is 11.7 Å². The maximum absolute atomic E-state index is 11.7. The van der Waals surface area contributed by atoms with Crippen LogP contribution in [0.1, 0.15) is 35.9 Å². The van der Waals surface area contributed by atoms with Crippen LogP contribution in [0, 0.1) is 0 Å². The van der Waals surface area contributed by atoms with Crippen molar-refractivity contribution in [1.29, 1.82) is 0 Å². The van der Waals surface area contributed by atoms with Crippen molar-refractivity contribution in [2.45, 2.75) is 25.5 Å². The summed E-state index contributed by atoms with van der Waals surface area (Å²) in [5.74, 6) is 3.40. The van der Waals surface area contributed by atoms with Gasteiger partial charge in [0.1, 0.15) is 11.5 Å². The third-order valence-corrected chi connectivity index (χ3v) is 4.45. The third-order valence-electron chi connectivity index (χ3n) is 3.47. The number of hydrogen-bond donors (Lipinski definition) is 1. The van der Waals surface area contributed by atoms with Gasteiger partial charge in [-0.05, 0) is 49.7 Å². The second-order valence-electron chi connectivity index (χ2n) is 5.51. The SMILES string of the molecule is CC(=O)c1ccc(OCCCC(=O)NCCSCc2ccco2)cc1. The van der Waals surface area contributed by atoms with Crippen molar-refractivity contribution < 1.29 is 18.7 Å². The summed E-state index contributed by atoms with van der Waals surface area (Å²) in [6.45, 7) is 2.65. The number of rotatable bonds is 11. The predicted octanol–water partition coefficient (Wildman–Crippen LogP) is 3.69. The van der Waals surface area contributed by atoms with E-state index >= 15 is 0 Å². The van der Waals surface area contributed by atoms with Gasteiger partial charge in [-0.1, -0.05) is 0 Å². The van der Waals surface area contributed by atoms with E-state index < -0.39 is 0 Å². The zero-order valence-electron chi connectivity index (χ0n) is 14.3. The minimum atomic E-state index is 0.0329. The summed E-state index contributed by atoms with van der Waals surface area (Å²) in [7, 11) is 0. The molecule has 1 heterocycles. The number of Topliss-reactive ketones (excluding diaryl/α,β-unsaturated/α-hetero) is 1. The van der Waals surface area contributed by atoms with Gasteiger partial charge in [0, 0.05) is 24.3 Å². The van der Waals surface area contributed by atoms with Gasteiger partial charge in [-0.15, -0.1) is 0 Å². The Hall–Kier alpha value is -2.21. The van der Waals surface area contributed by atoms with Gasteiger partial charge in [0.15, 0.2) is 5.78 Å². The first kappa shape index (κ1) is 19.1. The van der Waals surface area contributed by atoms with Crippen molar-refractivity contribution in [2.75, 3.05) is 18.9 Å². The molecule has 2 rings (SSSR count). The number of nitrogens with one attached hydrogen (secondary N) is 1. The van der Waals surface area contributed by atoms with Gasteiger partial charge >= 0.3 is 0 Å². The molecule has 0 radical (unpaired) electrons. The largest absolute Gasteiger partial charge is 0.494 e. The number of thioether (sulfide) groups is 1. The highest BCUT2D eigenvalue weighted by Crippen LogP contribution is 2.13. The van der Waals surface area contributed by atoms with Crippen molar-refractivity contribution in [3.8, 4) is 5.75 Å². The first-order valence-corrected chi connectivity index (χ1v) is 9.41. The van der Waals surface area contributed by atoms with E-state index in [1.165, 1.54) is 6.92 Å².